The Labute approximate surface area is 119 Å². The second-order valence-electron chi connectivity index (χ2n) is 4.92. The summed E-state index contributed by atoms with van der Waals surface area (Å²) >= 11 is 0. The van der Waals surface area contributed by atoms with E-state index in [1.54, 1.807) is 30.3 Å². The van der Waals surface area contributed by atoms with E-state index in [1.165, 1.54) is 0 Å². The summed E-state index contributed by atoms with van der Waals surface area (Å²) in [6.07, 6.45) is 0. The molecule has 0 aliphatic carbocycles. The molecule has 0 fully saturated rings. The largest absolute Gasteiger partial charge is 0.422 e. The third kappa shape index (κ3) is 1.68. The van der Waals surface area contributed by atoms with E-state index in [0.717, 1.165) is 10.8 Å². The molecule has 0 atom stereocenters. The molecule has 0 unspecified atom stereocenters. The van der Waals surface area contributed by atoms with E-state index in [2.05, 4.69) is 0 Å². The lowest BCUT2D eigenvalue weighted by Gasteiger charge is -1.98. The average molecular weight is 274 g/mol. The molecule has 3 heteroatoms. The van der Waals surface area contributed by atoms with Crippen LogP contribution in [0.2, 0.25) is 0 Å². The smallest absolute Gasteiger partial charge is 0.344 e. The molecule has 0 N–H and O–H groups in total. The number of benzene rings is 3. The van der Waals surface area contributed by atoms with Crippen molar-refractivity contribution in [2.45, 2.75) is 0 Å². The fourth-order valence-corrected chi connectivity index (χ4v) is 2.72. The van der Waals surface area contributed by atoms with Gasteiger partial charge in [0.1, 0.15) is 5.58 Å². The van der Waals surface area contributed by atoms with Crippen molar-refractivity contribution in [1.82, 2.24) is 0 Å². The summed E-state index contributed by atoms with van der Waals surface area (Å²) in [7, 11) is 0. The average Bonchev–Trinajstić information content (AvgIpc) is 2.64. The molecule has 0 aliphatic heterocycles. The Balaban J connectivity index is 2.46. The van der Waals surface area contributed by atoms with Gasteiger partial charge in [-0.1, -0.05) is 48.5 Å². The summed E-state index contributed by atoms with van der Waals surface area (Å²) in [6, 6.07) is 17.9. The van der Waals surface area contributed by atoms with Crippen LogP contribution in [0.25, 0.3) is 32.5 Å². The highest BCUT2D eigenvalue weighted by atomic mass is 16.4. The van der Waals surface area contributed by atoms with Crippen molar-refractivity contribution in [3.8, 4) is 0 Å². The number of fused-ring (bicyclic) bond motifs is 4. The lowest BCUT2D eigenvalue weighted by molar-refractivity contribution is 0.572. The molecule has 0 saturated heterocycles. The zero-order chi connectivity index (χ0) is 14.4. The zero-order valence-corrected chi connectivity index (χ0v) is 11.0. The van der Waals surface area contributed by atoms with Crippen molar-refractivity contribution in [3.05, 3.63) is 81.3 Å². The molecular formula is C18H10O3. The lowest BCUT2D eigenvalue weighted by atomic mass is 10.0. The standard InChI is InChI=1S/C18H10O3/c19-17-13-7-3-4-8-14(13)18(20)21-15-10-9-11-5-1-2-6-12(11)16(15)17/h1-10H. The first-order valence-electron chi connectivity index (χ1n) is 6.63. The highest BCUT2D eigenvalue weighted by molar-refractivity contribution is 6.07. The van der Waals surface area contributed by atoms with Crippen LogP contribution in [0.5, 0.6) is 0 Å². The van der Waals surface area contributed by atoms with Crippen LogP contribution in [0.15, 0.2) is 74.7 Å². The maximum Gasteiger partial charge on any atom is 0.344 e. The molecule has 0 amide bonds. The predicted molar refractivity (Wildman–Crippen MR) is 83.8 cm³/mol. The predicted octanol–water partition coefficient (Wildman–Crippen LogP) is 3.46. The van der Waals surface area contributed by atoms with Gasteiger partial charge in [-0.2, -0.15) is 0 Å². The van der Waals surface area contributed by atoms with Gasteiger partial charge in [-0.25, -0.2) is 4.79 Å². The first-order chi connectivity index (χ1) is 10.3. The molecule has 100 valence electrons. The second-order valence-corrected chi connectivity index (χ2v) is 4.92. The Morgan fingerprint density at radius 3 is 2.14 bits per heavy atom. The van der Waals surface area contributed by atoms with Crippen LogP contribution in [0.3, 0.4) is 0 Å². The summed E-state index contributed by atoms with van der Waals surface area (Å²) in [6.45, 7) is 0. The van der Waals surface area contributed by atoms with Gasteiger partial charge >= 0.3 is 5.63 Å². The van der Waals surface area contributed by atoms with Crippen LogP contribution in [0.1, 0.15) is 0 Å². The summed E-state index contributed by atoms with van der Waals surface area (Å²) in [5.41, 5.74) is -0.351. The molecule has 1 heterocycles. The molecule has 1 aromatic heterocycles. The minimum Gasteiger partial charge on any atom is -0.422 e. The Bertz CT molecular complexity index is 1120. The highest BCUT2D eigenvalue weighted by Gasteiger charge is 2.10. The van der Waals surface area contributed by atoms with E-state index >= 15 is 0 Å². The van der Waals surface area contributed by atoms with Crippen molar-refractivity contribution in [3.63, 3.8) is 0 Å². The van der Waals surface area contributed by atoms with Gasteiger partial charge in [0.2, 0.25) is 0 Å². The molecule has 0 bridgehead atoms. The quantitative estimate of drug-likeness (QED) is 0.493. The number of hydrogen-bond acceptors (Lipinski definition) is 3. The zero-order valence-electron chi connectivity index (χ0n) is 11.0. The Morgan fingerprint density at radius 2 is 1.33 bits per heavy atom. The van der Waals surface area contributed by atoms with Crippen LogP contribution in [0.4, 0.5) is 0 Å². The van der Waals surface area contributed by atoms with E-state index in [4.69, 9.17) is 4.42 Å². The van der Waals surface area contributed by atoms with Gasteiger partial charge < -0.3 is 4.42 Å². The summed E-state index contributed by atoms with van der Waals surface area (Å²) in [5.74, 6) is 0. The lowest BCUT2D eigenvalue weighted by Crippen LogP contribution is -2.01. The molecular weight excluding hydrogens is 264 g/mol. The highest BCUT2D eigenvalue weighted by Crippen LogP contribution is 2.22. The molecule has 3 aromatic carbocycles. The van der Waals surface area contributed by atoms with Gasteiger partial charge in [-0.05, 0) is 22.9 Å². The van der Waals surface area contributed by atoms with Gasteiger partial charge in [0, 0.05) is 5.39 Å². The van der Waals surface area contributed by atoms with Gasteiger partial charge in [0.05, 0.1) is 10.8 Å². The van der Waals surface area contributed by atoms with E-state index in [1.807, 2.05) is 30.3 Å². The van der Waals surface area contributed by atoms with E-state index in [9.17, 15) is 9.59 Å². The second kappa shape index (κ2) is 4.28. The van der Waals surface area contributed by atoms with Crippen LogP contribution < -0.4 is 11.1 Å². The first kappa shape index (κ1) is 11.9. The minimum atomic E-state index is -0.493. The SMILES string of the molecule is O=c1oc2ccc3ccccc3c2c(=O)c2ccccc12. The first-order valence-corrected chi connectivity index (χ1v) is 6.63. The molecule has 0 spiro atoms. The third-order valence-electron chi connectivity index (χ3n) is 3.71. The Morgan fingerprint density at radius 1 is 0.667 bits per heavy atom. The van der Waals surface area contributed by atoms with Gasteiger partial charge in [-0.15, -0.1) is 0 Å². The fourth-order valence-electron chi connectivity index (χ4n) is 2.72. The normalized spacial score (nSPS) is 11.2. The molecule has 0 saturated carbocycles. The van der Waals surface area contributed by atoms with Crippen molar-refractivity contribution in [1.29, 1.82) is 0 Å². The van der Waals surface area contributed by atoms with Crippen LogP contribution in [-0.2, 0) is 0 Å². The van der Waals surface area contributed by atoms with Crippen molar-refractivity contribution < 1.29 is 4.42 Å². The van der Waals surface area contributed by atoms with Gasteiger partial charge in [0.15, 0.2) is 5.43 Å². The molecule has 4 aromatic rings. The van der Waals surface area contributed by atoms with E-state index in [-0.39, 0.29) is 5.43 Å². The molecule has 4 rings (SSSR count). The Kier molecular flexibility index (Phi) is 2.42. The van der Waals surface area contributed by atoms with E-state index < -0.39 is 5.63 Å². The monoisotopic (exact) mass is 274 g/mol. The summed E-state index contributed by atoms with van der Waals surface area (Å²) < 4.78 is 5.40. The summed E-state index contributed by atoms with van der Waals surface area (Å²) in [4.78, 5) is 25.0. The van der Waals surface area contributed by atoms with Crippen molar-refractivity contribution in [2.24, 2.45) is 0 Å². The molecule has 0 aliphatic rings. The van der Waals surface area contributed by atoms with E-state index in [0.29, 0.717) is 21.7 Å². The minimum absolute atomic E-state index is 0.178. The van der Waals surface area contributed by atoms with Crippen molar-refractivity contribution >= 4 is 32.5 Å². The molecule has 0 radical (unpaired) electrons. The molecule has 21 heavy (non-hydrogen) atoms. The third-order valence-corrected chi connectivity index (χ3v) is 3.71. The van der Waals surface area contributed by atoms with Gasteiger partial charge in [-0.3, -0.25) is 4.79 Å². The maximum absolute atomic E-state index is 12.9. The maximum atomic E-state index is 12.9. The fraction of sp³-hybridized carbons (Fsp3) is 0. The Hall–Kier alpha value is -2.94. The van der Waals surface area contributed by atoms with Crippen LogP contribution in [-0.4, -0.2) is 0 Å². The number of hydrogen-bond donors (Lipinski definition) is 0. The topological polar surface area (TPSA) is 47.3 Å². The van der Waals surface area contributed by atoms with Crippen LogP contribution in [0, 0.1) is 0 Å². The number of rotatable bonds is 0. The molecule has 3 nitrogen and oxygen atoms in total. The summed E-state index contributed by atoms with van der Waals surface area (Å²) in [5, 5.41) is 2.89. The van der Waals surface area contributed by atoms with Crippen molar-refractivity contribution in [2.75, 3.05) is 0 Å². The van der Waals surface area contributed by atoms with Crippen LogP contribution >= 0.6 is 0 Å². The van der Waals surface area contributed by atoms with Gasteiger partial charge in [0.25, 0.3) is 0 Å².